The third-order valence-electron chi connectivity index (χ3n) is 4.37. The topological polar surface area (TPSA) is 79.6 Å². The monoisotopic (exact) mass is 362 g/mol. The van der Waals surface area contributed by atoms with Crippen molar-refractivity contribution in [2.75, 3.05) is 39.2 Å². The first-order chi connectivity index (χ1) is 12.5. The summed E-state index contributed by atoms with van der Waals surface area (Å²) in [5, 5.41) is 10.3. The van der Waals surface area contributed by atoms with Crippen LogP contribution < -0.4 is 20.3 Å². The molecule has 26 heavy (non-hydrogen) atoms. The van der Waals surface area contributed by atoms with Gasteiger partial charge in [-0.25, -0.2) is 4.39 Å². The lowest BCUT2D eigenvalue weighted by atomic mass is 10.0. The van der Waals surface area contributed by atoms with Gasteiger partial charge in [-0.2, -0.15) is 0 Å². The van der Waals surface area contributed by atoms with E-state index in [1.54, 1.807) is 19.0 Å². The number of hydrogen-bond acceptors (Lipinski definition) is 6. The molecule has 1 atom stereocenters. The largest absolute Gasteiger partial charge is 0.494 e. The second kappa shape index (κ2) is 7.74. The van der Waals surface area contributed by atoms with Crippen LogP contribution in [0.5, 0.6) is 5.75 Å². The molecule has 2 aromatic rings. The Labute approximate surface area is 151 Å². The van der Waals surface area contributed by atoms with Crippen LogP contribution in [0.2, 0.25) is 0 Å². The van der Waals surface area contributed by atoms with Crippen molar-refractivity contribution in [3.8, 4) is 17.1 Å². The molecule has 2 heterocycles. The number of nitrogens with zero attached hydrogens (tertiary/aromatic N) is 2. The molecule has 1 aliphatic heterocycles. The highest BCUT2D eigenvalue weighted by molar-refractivity contribution is 6.04. The summed E-state index contributed by atoms with van der Waals surface area (Å²) in [5.74, 6) is 0.0378. The molecular weight excluding hydrogens is 339 g/mol. The average molecular weight is 362 g/mol. The van der Waals surface area contributed by atoms with Gasteiger partial charge in [-0.15, -0.1) is 0 Å². The summed E-state index contributed by atoms with van der Waals surface area (Å²) in [6.07, 6.45) is 1.93. The summed E-state index contributed by atoms with van der Waals surface area (Å²) in [4.78, 5) is 14.7. The maximum atomic E-state index is 13.7. The number of benzene rings is 1. The Morgan fingerprint density at radius 2 is 2.27 bits per heavy atom. The number of rotatable bonds is 5. The number of amides is 1. The molecule has 1 amide bonds. The first-order valence-electron chi connectivity index (χ1n) is 8.53. The molecule has 0 bridgehead atoms. The van der Waals surface area contributed by atoms with Gasteiger partial charge in [-0.05, 0) is 37.6 Å². The second-order valence-electron chi connectivity index (χ2n) is 6.47. The summed E-state index contributed by atoms with van der Waals surface area (Å²) < 4.78 is 24.2. The van der Waals surface area contributed by atoms with Crippen LogP contribution in [0.4, 0.5) is 10.2 Å². The molecule has 0 saturated carbocycles. The first-order valence-corrected chi connectivity index (χ1v) is 8.53. The Balaban J connectivity index is 1.97. The molecule has 1 aromatic heterocycles. The number of hydrogen-bond donors (Lipinski definition) is 2. The third kappa shape index (κ3) is 3.65. The molecule has 8 heteroatoms. The van der Waals surface area contributed by atoms with Crippen molar-refractivity contribution >= 4 is 11.7 Å². The Bertz CT molecular complexity index is 785. The standard InChI is InChI=1S/C18H23FN4O3/c1-23(2)17-15(18(24)21-12-5-4-8-20-10-12)16(26-22-17)11-6-7-13(19)14(9-11)25-3/h6-7,9,12,20H,4-5,8,10H2,1-3H3,(H,21,24). The van der Waals surface area contributed by atoms with Gasteiger partial charge in [0.05, 0.1) is 7.11 Å². The third-order valence-corrected chi connectivity index (χ3v) is 4.37. The van der Waals surface area contributed by atoms with Gasteiger partial charge in [0.2, 0.25) is 0 Å². The van der Waals surface area contributed by atoms with Gasteiger partial charge in [0, 0.05) is 32.2 Å². The number of carbonyl (C=O) groups is 1. The molecule has 7 nitrogen and oxygen atoms in total. The zero-order chi connectivity index (χ0) is 18.7. The number of nitrogens with one attached hydrogen (secondary N) is 2. The Morgan fingerprint density at radius 3 is 2.92 bits per heavy atom. The summed E-state index contributed by atoms with van der Waals surface area (Å²) in [5.41, 5.74) is 0.852. The van der Waals surface area contributed by atoms with E-state index in [9.17, 15) is 9.18 Å². The lowest BCUT2D eigenvalue weighted by Crippen LogP contribution is -2.45. The van der Waals surface area contributed by atoms with Gasteiger partial charge < -0.3 is 24.8 Å². The predicted octanol–water partition coefficient (Wildman–Crippen LogP) is 2.04. The van der Waals surface area contributed by atoms with E-state index >= 15 is 0 Å². The maximum absolute atomic E-state index is 13.7. The van der Waals surface area contributed by atoms with Crippen molar-refractivity contribution in [3.05, 3.63) is 29.6 Å². The molecule has 1 saturated heterocycles. The van der Waals surface area contributed by atoms with Crippen molar-refractivity contribution in [2.24, 2.45) is 0 Å². The summed E-state index contributed by atoms with van der Waals surface area (Å²) in [6.45, 7) is 1.69. The fourth-order valence-electron chi connectivity index (χ4n) is 3.02. The van der Waals surface area contributed by atoms with Crippen LogP contribution in [0.1, 0.15) is 23.2 Å². The average Bonchev–Trinajstić information content (AvgIpc) is 3.08. The predicted molar refractivity (Wildman–Crippen MR) is 96.1 cm³/mol. The molecular formula is C18H23FN4O3. The minimum Gasteiger partial charge on any atom is -0.494 e. The molecule has 1 aliphatic rings. The molecule has 140 valence electrons. The number of aromatic nitrogens is 1. The highest BCUT2D eigenvalue weighted by atomic mass is 19.1. The number of methoxy groups -OCH3 is 1. The van der Waals surface area contributed by atoms with Crippen LogP contribution >= 0.6 is 0 Å². The highest BCUT2D eigenvalue weighted by Crippen LogP contribution is 2.33. The number of ether oxygens (including phenoxy) is 1. The van der Waals surface area contributed by atoms with Crippen molar-refractivity contribution in [1.29, 1.82) is 0 Å². The van der Waals surface area contributed by atoms with Crippen molar-refractivity contribution < 1.29 is 18.4 Å². The maximum Gasteiger partial charge on any atom is 0.259 e. The molecule has 1 fully saturated rings. The summed E-state index contributed by atoms with van der Waals surface area (Å²) >= 11 is 0. The van der Waals surface area contributed by atoms with E-state index in [1.807, 2.05) is 0 Å². The van der Waals surface area contributed by atoms with Gasteiger partial charge in [-0.3, -0.25) is 4.79 Å². The van der Waals surface area contributed by atoms with Gasteiger partial charge in [0.25, 0.3) is 5.91 Å². The first kappa shape index (κ1) is 18.2. The van der Waals surface area contributed by atoms with E-state index in [0.717, 1.165) is 25.9 Å². The fourth-order valence-corrected chi connectivity index (χ4v) is 3.02. The minimum atomic E-state index is -0.483. The van der Waals surface area contributed by atoms with E-state index < -0.39 is 5.82 Å². The van der Waals surface area contributed by atoms with Crippen LogP contribution in [0.25, 0.3) is 11.3 Å². The molecule has 0 aliphatic carbocycles. The number of piperidine rings is 1. The van der Waals surface area contributed by atoms with Gasteiger partial charge in [0.1, 0.15) is 5.56 Å². The van der Waals surface area contributed by atoms with Crippen LogP contribution in [0.15, 0.2) is 22.7 Å². The van der Waals surface area contributed by atoms with Crippen LogP contribution in [-0.4, -0.2) is 51.4 Å². The van der Waals surface area contributed by atoms with Crippen molar-refractivity contribution in [2.45, 2.75) is 18.9 Å². The Hall–Kier alpha value is -2.61. The normalized spacial score (nSPS) is 17.0. The zero-order valence-electron chi connectivity index (χ0n) is 15.1. The van der Waals surface area contributed by atoms with Crippen LogP contribution in [-0.2, 0) is 0 Å². The van der Waals surface area contributed by atoms with Crippen molar-refractivity contribution in [3.63, 3.8) is 0 Å². The smallest absolute Gasteiger partial charge is 0.259 e. The van der Waals surface area contributed by atoms with E-state index in [-0.39, 0.29) is 23.5 Å². The molecule has 2 N–H and O–H groups in total. The van der Waals surface area contributed by atoms with E-state index in [0.29, 0.717) is 16.9 Å². The number of carbonyl (C=O) groups excluding carboxylic acids is 1. The highest BCUT2D eigenvalue weighted by Gasteiger charge is 2.28. The second-order valence-corrected chi connectivity index (χ2v) is 6.47. The van der Waals surface area contributed by atoms with Crippen molar-refractivity contribution in [1.82, 2.24) is 15.8 Å². The Morgan fingerprint density at radius 1 is 1.46 bits per heavy atom. The molecule has 3 rings (SSSR count). The van der Waals surface area contributed by atoms with Gasteiger partial charge >= 0.3 is 0 Å². The van der Waals surface area contributed by atoms with E-state index in [2.05, 4.69) is 15.8 Å². The van der Waals surface area contributed by atoms with Gasteiger partial charge in [-0.1, -0.05) is 5.16 Å². The lowest BCUT2D eigenvalue weighted by Gasteiger charge is -2.24. The van der Waals surface area contributed by atoms with Gasteiger partial charge in [0.15, 0.2) is 23.1 Å². The molecule has 1 unspecified atom stereocenters. The molecule has 0 spiro atoms. The fraction of sp³-hybridized carbons (Fsp3) is 0.444. The molecule has 1 aromatic carbocycles. The van der Waals surface area contributed by atoms with Crippen LogP contribution in [0, 0.1) is 5.82 Å². The zero-order valence-corrected chi connectivity index (χ0v) is 15.1. The summed E-state index contributed by atoms with van der Waals surface area (Å²) in [7, 11) is 4.95. The Kier molecular flexibility index (Phi) is 5.41. The van der Waals surface area contributed by atoms with E-state index in [4.69, 9.17) is 9.26 Å². The summed E-state index contributed by atoms with van der Waals surface area (Å²) in [6, 6.07) is 4.36. The van der Waals surface area contributed by atoms with Crippen LogP contribution in [0.3, 0.4) is 0 Å². The van der Waals surface area contributed by atoms with E-state index in [1.165, 1.54) is 25.3 Å². The lowest BCUT2D eigenvalue weighted by molar-refractivity contribution is 0.0931. The quantitative estimate of drug-likeness (QED) is 0.847. The molecule has 0 radical (unpaired) electrons. The number of anilines is 1. The SMILES string of the molecule is COc1cc(-c2onc(N(C)C)c2C(=O)NC2CCCNC2)ccc1F. The number of halogens is 1. The minimum absolute atomic E-state index is 0.0526.